The van der Waals surface area contributed by atoms with Gasteiger partial charge in [-0.2, -0.15) is 0 Å². The normalized spacial score (nSPS) is 11.3. The molecule has 0 aliphatic rings. The summed E-state index contributed by atoms with van der Waals surface area (Å²) in [6.45, 7) is 5.74. The summed E-state index contributed by atoms with van der Waals surface area (Å²) in [5, 5.41) is 0. The van der Waals surface area contributed by atoms with Gasteiger partial charge >= 0.3 is 0 Å². The zero-order valence-corrected chi connectivity index (χ0v) is 11.1. The summed E-state index contributed by atoms with van der Waals surface area (Å²) < 4.78 is 7.80. The summed E-state index contributed by atoms with van der Waals surface area (Å²) in [5.41, 5.74) is 7.44. The number of nitrogens with zero attached hydrogens (tertiary/aromatic N) is 2. The van der Waals surface area contributed by atoms with Crippen LogP contribution >= 0.6 is 0 Å². The van der Waals surface area contributed by atoms with Crippen molar-refractivity contribution in [3.63, 3.8) is 0 Å². The molecule has 0 atom stereocenters. The van der Waals surface area contributed by atoms with Crippen molar-refractivity contribution in [2.24, 2.45) is 11.7 Å². The number of pyridine rings is 1. The second-order valence-corrected chi connectivity index (χ2v) is 4.91. The van der Waals surface area contributed by atoms with E-state index in [9.17, 15) is 0 Å². The molecule has 0 aliphatic carbocycles. The highest BCUT2D eigenvalue weighted by Crippen LogP contribution is 2.19. The Hall–Kier alpha value is -1.55. The summed E-state index contributed by atoms with van der Waals surface area (Å²) in [4.78, 5) is 4.56. The predicted octanol–water partition coefficient (Wildman–Crippen LogP) is 2.26. The molecule has 0 aromatic carbocycles. The maximum atomic E-state index is 5.81. The molecule has 4 nitrogen and oxygen atoms in total. The van der Waals surface area contributed by atoms with Gasteiger partial charge in [-0.15, -0.1) is 0 Å². The van der Waals surface area contributed by atoms with E-state index in [-0.39, 0.29) is 0 Å². The van der Waals surface area contributed by atoms with Crippen LogP contribution in [-0.4, -0.2) is 22.5 Å². The van der Waals surface area contributed by atoms with Crippen molar-refractivity contribution in [1.29, 1.82) is 0 Å². The van der Waals surface area contributed by atoms with E-state index in [2.05, 4.69) is 18.8 Å². The van der Waals surface area contributed by atoms with E-state index in [4.69, 9.17) is 10.5 Å². The molecule has 0 amide bonds. The standard InChI is InChI=1S/C14H21N3O/c1-11(2)6-9-18-13-4-3-8-17-10-12(5-7-15)16-14(13)17/h3-4,8,10-11H,5-7,9,15H2,1-2H3. The topological polar surface area (TPSA) is 52.5 Å². The highest BCUT2D eigenvalue weighted by molar-refractivity contribution is 5.54. The number of rotatable bonds is 6. The van der Waals surface area contributed by atoms with Gasteiger partial charge in [0.05, 0.1) is 12.3 Å². The van der Waals surface area contributed by atoms with Crippen LogP contribution in [0.1, 0.15) is 26.0 Å². The minimum Gasteiger partial charge on any atom is -0.490 e. The number of imidazole rings is 1. The Labute approximate surface area is 108 Å². The number of ether oxygens (including phenoxy) is 1. The summed E-state index contributed by atoms with van der Waals surface area (Å²) in [6, 6.07) is 3.94. The zero-order valence-electron chi connectivity index (χ0n) is 11.1. The molecule has 0 saturated heterocycles. The fourth-order valence-corrected chi connectivity index (χ4v) is 1.82. The fourth-order valence-electron chi connectivity index (χ4n) is 1.82. The second kappa shape index (κ2) is 5.87. The van der Waals surface area contributed by atoms with E-state index in [0.717, 1.165) is 36.5 Å². The third-order valence-electron chi connectivity index (χ3n) is 2.85. The summed E-state index contributed by atoms with van der Waals surface area (Å²) >= 11 is 0. The third-order valence-corrected chi connectivity index (χ3v) is 2.85. The van der Waals surface area contributed by atoms with Gasteiger partial charge in [-0.1, -0.05) is 13.8 Å². The Bertz CT molecular complexity index is 505. The molecular weight excluding hydrogens is 226 g/mol. The van der Waals surface area contributed by atoms with Gasteiger partial charge in [-0.05, 0) is 31.0 Å². The van der Waals surface area contributed by atoms with Crippen molar-refractivity contribution in [2.45, 2.75) is 26.7 Å². The van der Waals surface area contributed by atoms with Crippen LogP contribution < -0.4 is 10.5 Å². The largest absolute Gasteiger partial charge is 0.490 e. The Morgan fingerprint density at radius 3 is 3.00 bits per heavy atom. The van der Waals surface area contributed by atoms with Crippen molar-refractivity contribution in [1.82, 2.24) is 9.38 Å². The van der Waals surface area contributed by atoms with Crippen molar-refractivity contribution in [3.8, 4) is 5.75 Å². The summed E-state index contributed by atoms with van der Waals surface area (Å²) in [5.74, 6) is 1.50. The van der Waals surface area contributed by atoms with Crippen molar-refractivity contribution >= 4 is 5.65 Å². The minimum atomic E-state index is 0.618. The molecule has 0 radical (unpaired) electrons. The lowest BCUT2D eigenvalue weighted by Gasteiger charge is -2.08. The first-order valence-electron chi connectivity index (χ1n) is 6.50. The van der Waals surface area contributed by atoms with Gasteiger partial charge in [0.15, 0.2) is 11.4 Å². The van der Waals surface area contributed by atoms with Crippen LogP contribution in [0.4, 0.5) is 0 Å². The van der Waals surface area contributed by atoms with E-state index in [1.807, 2.05) is 28.9 Å². The number of aromatic nitrogens is 2. The monoisotopic (exact) mass is 247 g/mol. The molecule has 2 N–H and O–H groups in total. The average molecular weight is 247 g/mol. The predicted molar refractivity (Wildman–Crippen MR) is 72.9 cm³/mol. The lowest BCUT2D eigenvalue weighted by molar-refractivity contribution is 0.291. The van der Waals surface area contributed by atoms with E-state index in [1.165, 1.54) is 0 Å². The summed E-state index contributed by atoms with van der Waals surface area (Å²) in [7, 11) is 0. The van der Waals surface area contributed by atoms with Gasteiger partial charge in [0.2, 0.25) is 0 Å². The Balaban J connectivity index is 2.16. The van der Waals surface area contributed by atoms with Crippen LogP contribution in [-0.2, 0) is 6.42 Å². The third kappa shape index (κ3) is 3.01. The number of hydrogen-bond acceptors (Lipinski definition) is 3. The molecule has 18 heavy (non-hydrogen) atoms. The second-order valence-electron chi connectivity index (χ2n) is 4.91. The van der Waals surface area contributed by atoms with Crippen LogP contribution in [0.15, 0.2) is 24.5 Å². The van der Waals surface area contributed by atoms with Gasteiger partial charge in [0.25, 0.3) is 0 Å². The summed E-state index contributed by atoms with van der Waals surface area (Å²) in [6.07, 6.45) is 5.85. The molecule has 2 aromatic rings. The van der Waals surface area contributed by atoms with Gasteiger partial charge < -0.3 is 14.9 Å². The molecule has 2 aromatic heterocycles. The Morgan fingerprint density at radius 1 is 1.44 bits per heavy atom. The smallest absolute Gasteiger partial charge is 0.179 e. The van der Waals surface area contributed by atoms with E-state index in [0.29, 0.717) is 12.5 Å². The van der Waals surface area contributed by atoms with Gasteiger partial charge in [-0.3, -0.25) is 0 Å². The van der Waals surface area contributed by atoms with Crippen molar-refractivity contribution in [3.05, 3.63) is 30.2 Å². The molecule has 4 heteroatoms. The van der Waals surface area contributed by atoms with Gasteiger partial charge in [0, 0.05) is 18.8 Å². The Kier molecular flexibility index (Phi) is 4.20. The van der Waals surface area contributed by atoms with Crippen molar-refractivity contribution < 1.29 is 4.74 Å². The molecule has 0 fully saturated rings. The maximum Gasteiger partial charge on any atom is 0.179 e. The first-order chi connectivity index (χ1) is 8.70. The molecule has 2 heterocycles. The number of fused-ring (bicyclic) bond motifs is 1. The van der Waals surface area contributed by atoms with Crippen molar-refractivity contribution in [2.75, 3.05) is 13.2 Å². The zero-order chi connectivity index (χ0) is 13.0. The lowest BCUT2D eigenvalue weighted by atomic mass is 10.1. The Morgan fingerprint density at radius 2 is 2.28 bits per heavy atom. The molecule has 98 valence electrons. The van der Waals surface area contributed by atoms with Crippen LogP contribution in [0, 0.1) is 5.92 Å². The first-order valence-corrected chi connectivity index (χ1v) is 6.50. The fraction of sp³-hybridized carbons (Fsp3) is 0.500. The maximum absolute atomic E-state index is 5.81. The van der Waals surface area contributed by atoms with Gasteiger partial charge in [0.1, 0.15) is 0 Å². The van der Waals surface area contributed by atoms with E-state index < -0.39 is 0 Å². The van der Waals surface area contributed by atoms with E-state index in [1.54, 1.807) is 0 Å². The highest BCUT2D eigenvalue weighted by Gasteiger charge is 2.07. The number of nitrogens with two attached hydrogens (primary N) is 1. The highest BCUT2D eigenvalue weighted by atomic mass is 16.5. The SMILES string of the molecule is CC(C)CCOc1cccn2cc(CCN)nc12. The molecule has 0 saturated carbocycles. The average Bonchev–Trinajstić information content (AvgIpc) is 2.72. The van der Waals surface area contributed by atoms with Crippen LogP contribution in [0.2, 0.25) is 0 Å². The van der Waals surface area contributed by atoms with Crippen LogP contribution in [0.25, 0.3) is 5.65 Å². The lowest BCUT2D eigenvalue weighted by Crippen LogP contribution is -2.03. The van der Waals surface area contributed by atoms with E-state index >= 15 is 0 Å². The molecule has 0 spiro atoms. The van der Waals surface area contributed by atoms with Crippen LogP contribution in [0.3, 0.4) is 0 Å². The molecule has 2 rings (SSSR count). The molecule has 0 unspecified atom stereocenters. The quantitative estimate of drug-likeness (QED) is 0.852. The first kappa shape index (κ1) is 12.9. The molecular formula is C14H21N3O. The molecule has 0 bridgehead atoms. The van der Waals surface area contributed by atoms with Gasteiger partial charge in [-0.25, -0.2) is 4.98 Å². The number of hydrogen-bond donors (Lipinski definition) is 1. The minimum absolute atomic E-state index is 0.618. The molecule has 0 aliphatic heterocycles. The van der Waals surface area contributed by atoms with Crippen LogP contribution in [0.5, 0.6) is 5.75 Å².